The van der Waals surface area contributed by atoms with Crippen molar-refractivity contribution in [1.29, 1.82) is 0 Å². The molecule has 0 aliphatic rings. The zero-order valence-electron chi connectivity index (χ0n) is 9.69. The van der Waals surface area contributed by atoms with Gasteiger partial charge in [-0.2, -0.15) is 0 Å². The highest BCUT2D eigenvalue weighted by Gasteiger charge is 2.10. The molecule has 0 fully saturated rings. The number of carbonyl (C=O) groups is 2. The zero-order chi connectivity index (χ0) is 12.5. The van der Waals surface area contributed by atoms with E-state index in [1.54, 1.807) is 19.4 Å². The molecule has 0 aromatic carbocycles. The third kappa shape index (κ3) is 5.07. The lowest BCUT2D eigenvalue weighted by molar-refractivity contribution is -0.139. The second kappa shape index (κ2) is 7.34. The third-order valence-corrected chi connectivity index (χ3v) is 2.05. The Morgan fingerprint density at radius 2 is 2.06 bits per heavy atom. The summed E-state index contributed by atoms with van der Waals surface area (Å²) in [5, 5.41) is 7.65. The highest BCUT2D eigenvalue weighted by molar-refractivity contribution is 6.35. The molecular weight excluding hydrogens is 220 g/mol. The van der Waals surface area contributed by atoms with Crippen LogP contribution in [0.3, 0.4) is 0 Å². The Hall–Kier alpha value is -1.95. The molecule has 2 amide bonds. The van der Waals surface area contributed by atoms with Crippen molar-refractivity contribution in [1.82, 2.24) is 20.9 Å². The number of carbonyl (C=O) groups excluding carboxylic acids is 2. The average Bonchev–Trinajstić information content (AvgIpc) is 2.37. The molecule has 17 heavy (non-hydrogen) atoms. The molecule has 1 aromatic rings. The van der Waals surface area contributed by atoms with Gasteiger partial charge in [0.2, 0.25) is 0 Å². The van der Waals surface area contributed by atoms with Crippen molar-refractivity contribution in [2.75, 3.05) is 20.3 Å². The van der Waals surface area contributed by atoms with E-state index in [1.165, 1.54) is 0 Å². The highest BCUT2D eigenvalue weighted by atomic mass is 16.2. The van der Waals surface area contributed by atoms with Gasteiger partial charge in [0.25, 0.3) is 0 Å². The summed E-state index contributed by atoms with van der Waals surface area (Å²) in [6, 6.07) is 3.75. The lowest BCUT2D eigenvalue weighted by Gasteiger charge is -2.05. The van der Waals surface area contributed by atoms with Crippen LogP contribution in [0.1, 0.15) is 5.56 Å². The van der Waals surface area contributed by atoms with Crippen LogP contribution < -0.4 is 16.0 Å². The highest BCUT2D eigenvalue weighted by Crippen LogP contribution is 1.95. The summed E-state index contributed by atoms with van der Waals surface area (Å²) in [6.07, 6.45) is 4.07. The van der Waals surface area contributed by atoms with Crippen LogP contribution in [-0.2, 0) is 16.0 Å². The van der Waals surface area contributed by atoms with Gasteiger partial charge in [0, 0.05) is 18.9 Å². The largest absolute Gasteiger partial charge is 0.348 e. The predicted octanol–water partition coefficient (Wildman–Crippen LogP) is -0.967. The van der Waals surface area contributed by atoms with E-state index in [-0.39, 0.29) is 6.67 Å². The van der Waals surface area contributed by atoms with Crippen molar-refractivity contribution in [2.45, 2.75) is 6.42 Å². The van der Waals surface area contributed by atoms with Crippen LogP contribution in [0.4, 0.5) is 0 Å². The molecule has 6 heteroatoms. The van der Waals surface area contributed by atoms with E-state index in [1.807, 2.05) is 12.1 Å². The van der Waals surface area contributed by atoms with Gasteiger partial charge in [-0.25, -0.2) is 0 Å². The molecule has 1 rings (SSSR count). The molecule has 0 spiro atoms. The standard InChI is InChI=1S/C11H16N4O2/c1-12-8-15-11(17)10(16)14-6-4-9-3-2-5-13-7-9/h2-3,5,7,12H,4,6,8H2,1H3,(H,14,16)(H,15,17). The Morgan fingerprint density at radius 3 is 2.71 bits per heavy atom. The van der Waals surface area contributed by atoms with Gasteiger partial charge >= 0.3 is 11.8 Å². The Labute approximate surface area is 99.8 Å². The molecule has 0 aliphatic carbocycles. The fraction of sp³-hybridized carbons (Fsp3) is 0.364. The van der Waals surface area contributed by atoms with Crippen LogP contribution in [0.5, 0.6) is 0 Å². The van der Waals surface area contributed by atoms with Crippen LogP contribution >= 0.6 is 0 Å². The molecule has 0 saturated heterocycles. The maximum absolute atomic E-state index is 11.3. The van der Waals surface area contributed by atoms with Crippen molar-refractivity contribution in [3.63, 3.8) is 0 Å². The van der Waals surface area contributed by atoms with Gasteiger partial charge in [-0.05, 0) is 25.1 Å². The Bertz CT molecular complexity index is 367. The number of rotatable bonds is 5. The minimum atomic E-state index is -0.634. The van der Waals surface area contributed by atoms with E-state index >= 15 is 0 Å². The van der Waals surface area contributed by atoms with Gasteiger partial charge in [0.05, 0.1) is 6.67 Å². The summed E-state index contributed by atoms with van der Waals surface area (Å²) in [6.45, 7) is 0.687. The van der Waals surface area contributed by atoms with E-state index in [4.69, 9.17) is 0 Å². The zero-order valence-corrected chi connectivity index (χ0v) is 9.69. The Kier molecular flexibility index (Phi) is 5.67. The minimum absolute atomic E-state index is 0.273. The van der Waals surface area contributed by atoms with Gasteiger partial charge in [-0.3, -0.25) is 14.6 Å². The van der Waals surface area contributed by atoms with Crippen molar-refractivity contribution in [3.05, 3.63) is 30.1 Å². The summed E-state index contributed by atoms with van der Waals surface area (Å²) in [4.78, 5) is 26.4. The molecule has 0 aliphatic heterocycles. The first-order valence-corrected chi connectivity index (χ1v) is 5.33. The molecule has 0 unspecified atom stereocenters. The lowest BCUT2D eigenvalue weighted by atomic mass is 10.2. The summed E-state index contributed by atoms with van der Waals surface area (Å²) < 4.78 is 0. The maximum atomic E-state index is 11.3. The van der Waals surface area contributed by atoms with Crippen molar-refractivity contribution in [2.24, 2.45) is 0 Å². The summed E-state index contributed by atoms with van der Waals surface area (Å²) in [7, 11) is 1.68. The van der Waals surface area contributed by atoms with Gasteiger partial charge in [-0.15, -0.1) is 0 Å². The van der Waals surface area contributed by atoms with Crippen molar-refractivity contribution >= 4 is 11.8 Å². The minimum Gasteiger partial charge on any atom is -0.348 e. The molecule has 6 nitrogen and oxygen atoms in total. The topological polar surface area (TPSA) is 83.1 Å². The quantitative estimate of drug-likeness (QED) is 0.454. The Morgan fingerprint density at radius 1 is 1.29 bits per heavy atom. The second-order valence-corrected chi connectivity index (χ2v) is 3.40. The fourth-order valence-corrected chi connectivity index (χ4v) is 1.20. The maximum Gasteiger partial charge on any atom is 0.310 e. The normalized spacial score (nSPS) is 9.71. The average molecular weight is 236 g/mol. The summed E-state index contributed by atoms with van der Waals surface area (Å²) in [5.74, 6) is -1.25. The number of nitrogens with one attached hydrogen (secondary N) is 3. The lowest BCUT2D eigenvalue weighted by Crippen LogP contribution is -2.43. The number of hydrogen-bond donors (Lipinski definition) is 3. The second-order valence-electron chi connectivity index (χ2n) is 3.40. The van der Waals surface area contributed by atoms with Crippen LogP contribution in [0.25, 0.3) is 0 Å². The predicted molar refractivity (Wildman–Crippen MR) is 63.0 cm³/mol. The van der Waals surface area contributed by atoms with Crippen molar-refractivity contribution in [3.8, 4) is 0 Å². The SMILES string of the molecule is CNCNC(=O)C(=O)NCCc1cccnc1. The van der Waals surface area contributed by atoms with Gasteiger partial charge in [0.1, 0.15) is 0 Å². The van der Waals surface area contributed by atoms with Crippen LogP contribution in [0, 0.1) is 0 Å². The van der Waals surface area contributed by atoms with E-state index in [2.05, 4.69) is 20.9 Å². The molecular formula is C11H16N4O2. The summed E-state index contributed by atoms with van der Waals surface area (Å²) in [5.41, 5.74) is 1.02. The number of nitrogens with zero attached hydrogens (tertiary/aromatic N) is 1. The monoisotopic (exact) mass is 236 g/mol. The molecule has 0 saturated carbocycles. The smallest absolute Gasteiger partial charge is 0.310 e. The molecule has 0 atom stereocenters. The number of amides is 2. The fourth-order valence-electron chi connectivity index (χ4n) is 1.20. The molecule has 3 N–H and O–H groups in total. The number of pyridine rings is 1. The van der Waals surface area contributed by atoms with Gasteiger partial charge < -0.3 is 16.0 Å². The van der Waals surface area contributed by atoms with Gasteiger partial charge in [0.15, 0.2) is 0 Å². The van der Waals surface area contributed by atoms with Gasteiger partial charge in [-0.1, -0.05) is 6.07 Å². The first-order chi connectivity index (χ1) is 8.24. The summed E-state index contributed by atoms with van der Waals surface area (Å²) >= 11 is 0. The van der Waals surface area contributed by atoms with E-state index in [9.17, 15) is 9.59 Å². The van der Waals surface area contributed by atoms with Crippen LogP contribution in [0.15, 0.2) is 24.5 Å². The molecule has 1 heterocycles. The van der Waals surface area contributed by atoms with Crippen molar-refractivity contribution < 1.29 is 9.59 Å². The Balaban J connectivity index is 2.22. The molecule has 0 radical (unpaired) electrons. The van der Waals surface area contributed by atoms with E-state index in [0.717, 1.165) is 5.56 Å². The molecule has 92 valence electrons. The van der Waals surface area contributed by atoms with Crippen LogP contribution in [0.2, 0.25) is 0 Å². The van der Waals surface area contributed by atoms with E-state index < -0.39 is 11.8 Å². The van der Waals surface area contributed by atoms with Crippen LogP contribution in [-0.4, -0.2) is 37.1 Å². The molecule has 0 bridgehead atoms. The first kappa shape index (κ1) is 13.1. The number of hydrogen-bond acceptors (Lipinski definition) is 4. The van der Waals surface area contributed by atoms with E-state index in [0.29, 0.717) is 13.0 Å². The number of aromatic nitrogens is 1. The first-order valence-electron chi connectivity index (χ1n) is 5.33. The molecule has 1 aromatic heterocycles. The third-order valence-electron chi connectivity index (χ3n) is 2.05.